The number of hydrogen-bond donors (Lipinski definition) is 1. The smallest absolute Gasteiger partial charge is 0.244 e. The zero-order chi connectivity index (χ0) is 25.7. The topological polar surface area (TPSA) is 81.0 Å². The Balaban J connectivity index is 1.57. The number of ether oxygens (including phenoxy) is 2. The van der Waals surface area contributed by atoms with Crippen molar-refractivity contribution in [2.24, 2.45) is 0 Å². The molecule has 2 heterocycles. The molecule has 1 saturated heterocycles. The molecule has 0 atom stereocenters. The number of nitrogens with one attached hydrogen (secondary N) is 1. The number of nitrogens with zero attached hydrogens (tertiary/aromatic N) is 1. The molecule has 4 rings (SSSR count). The van der Waals surface area contributed by atoms with Crippen LogP contribution in [0.5, 0.6) is 11.5 Å². The van der Waals surface area contributed by atoms with Gasteiger partial charge in [0.15, 0.2) is 0 Å². The summed E-state index contributed by atoms with van der Waals surface area (Å²) in [4.78, 5) is 26.3. The molecule has 0 unspecified atom stereocenters. The van der Waals surface area contributed by atoms with Gasteiger partial charge in [-0.05, 0) is 62.9 Å². The Labute approximate surface area is 212 Å². The maximum absolute atomic E-state index is 12.7. The zero-order valence-corrected chi connectivity index (χ0v) is 21.5. The first-order chi connectivity index (χ1) is 17.4. The van der Waals surface area contributed by atoms with Crippen LogP contribution in [0.1, 0.15) is 44.2 Å². The molecule has 2 amide bonds. The lowest BCUT2D eigenvalue weighted by Gasteiger charge is -2.16. The normalized spacial score (nSPS) is 13.9. The number of allylic oxidation sites excluding steroid dienone is 1. The summed E-state index contributed by atoms with van der Waals surface area (Å²) in [6, 6.07) is 9.88. The molecule has 36 heavy (non-hydrogen) atoms. The van der Waals surface area contributed by atoms with Crippen molar-refractivity contribution in [3.63, 3.8) is 0 Å². The standard InChI is InChI=1S/C29H34N2O5/c1-5-35-28-20(3)29-24(25(18-36-29)21-9-11-22(34-4)12-10-21)17-23(28)19(2)16-26(32)30-13-7-15-31-14-6-8-27(31)33/h9-12,16-18H,5-8,13-15H2,1-4H3,(H,30,32)/b19-16+. The van der Waals surface area contributed by atoms with Crippen molar-refractivity contribution >= 4 is 28.4 Å². The maximum atomic E-state index is 12.7. The number of carbonyl (C=O) groups excluding carboxylic acids is 2. The lowest BCUT2D eigenvalue weighted by Crippen LogP contribution is -2.30. The average Bonchev–Trinajstić information content (AvgIpc) is 3.49. The number of aryl methyl sites for hydroxylation is 1. The highest BCUT2D eigenvalue weighted by Gasteiger charge is 2.20. The van der Waals surface area contributed by atoms with Crippen LogP contribution in [0.4, 0.5) is 0 Å². The van der Waals surface area contributed by atoms with Crippen molar-refractivity contribution in [2.75, 3.05) is 33.4 Å². The molecule has 1 aliphatic heterocycles. The molecule has 7 heteroatoms. The van der Waals surface area contributed by atoms with Gasteiger partial charge in [0.1, 0.15) is 17.1 Å². The monoisotopic (exact) mass is 490 g/mol. The molecule has 1 N–H and O–H groups in total. The lowest BCUT2D eigenvalue weighted by molar-refractivity contribution is -0.127. The van der Waals surface area contributed by atoms with Gasteiger partial charge in [0.25, 0.3) is 0 Å². The van der Waals surface area contributed by atoms with E-state index in [9.17, 15) is 9.59 Å². The van der Waals surface area contributed by atoms with E-state index in [2.05, 4.69) is 5.32 Å². The molecule has 0 aliphatic carbocycles. The second kappa shape index (κ2) is 11.3. The van der Waals surface area contributed by atoms with E-state index in [-0.39, 0.29) is 11.8 Å². The summed E-state index contributed by atoms with van der Waals surface area (Å²) < 4.78 is 17.3. The van der Waals surface area contributed by atoms with E-state index in [1.54, 1.807) is 19.4 Å². The van der Waals surface area contributed by atoms with Gasteiger partial charge in [-0.15, -0.1) is 0 Å². The third-order valence-corrected chi connectivity index (χ3v) is 6.58. The number of methoxy groups -OCH3 is 1. The fraction of sp³-hybridized carbons (Fsp3) is 0.379. The van der Waals surface area contributed by atoms with Gasteiger partial charge >= 0.3 is 0 Å². The Morgan fingerprint density at radius 3 is 2.69 bits per heavy atom. The number of furan rings is 1. The number of fused-ring (bicyclic) bond motifs is 1. The van der Waals surface area contributed by atoms with Crippen molar-refractivity contribution in [2.45, 2.75) is 40.0 Å². The number of amides is 2. The van der Waals surface area contributed by atoms with E-state index >= 15 is 0 Å². The molecule has 0 bridgehead atoms. The molecule has 3 aromatic rings. The Morgan fingerprint density at radius 2 is 2.03 bits per heavy atom. The minimum absolute atomic E-state index is 0.164. The molecule has 1 aliphatic rings. The number of benzene rings is 2. The Hall–Kier alpha value is -3.74. The van der Waals surface area contributed by atoms with Gasteiger partial charge in [0.05, 0.1) is 20.0 Å². The van der Waals surface area contributed by atoms with Crippen molar-refractivity contribution < 1.29 is 23.5 Å². The molecule has 1 aromatic heterocycles. The van der Waals surface area contributed by atoms with Crippen LogP contribution in [0.2, 0.25) is 0 Å². The van der Waals surface area contributed by atoms with Gasteiger partial charge in [-0.2, -0.15) is 0 Å². The molecule has 1 fully saturated rings. The quantitative estimate of drug-likeness (QED) is 0.306. The summed E-state index contributed by atoms with van der Waals surface area (Å²) in [5.74, 6) is 1.55. The van der Waals surface area contributed by atoms with E-state index in [0.29, 0.717) is 26.1 Å². The van der Waals surface area contributed by atoms with Crippen molar-refractivity contribution in [3.8, 4) is 22.6 Å². The molecular formula is C29H34N2O5. The highest BCUT2D eigenvalue weighted by Crippen LogP contribution is 2.41. The highest BCUT2D eigenvalue weighted by atomic mass is 16.5. The summed E-state index contributed by atoms with van der Waals surface area (Å²) >= 11 is 0. The van der Waals surface area contributed by atoms with Crippen LogP contribution in [0.15, 0.2) is 47.1 Å². The predicted octanol–water partition coefficient (Wildman–Crippen LogP) is 5.35. The van der Waals surface area contributed by atoms with Gasteiger partial charge in [0.2, 0.25) is 11.8 Å². The van der Waals surface area contributed by atoms with Crippen LogP contribution in [-0.2, 0) is 9.59 Å². The summed E-state index contributed by atoms with van der Waals surface area (Å²) in [6.07, 6.45) is 5.67. The highest BCUT2D eigenvalue weighted by molar-refractivity contribution is 6.01. The average molecular weight is 491 g/mol. The van der Waals surface area contributed by atoms with Crippen LogP contribution >= 0.6 is 0 Å². The second-order valence-corrected chi connectivity index (χ2v) is 9.02. The Kier molecular flexibility index (Phi) is 7.98. The number of carbonyl (C=O) groups is 2. The molecule has 190 valence electrons. The Morgan fingerprint density at radius 1 is 1.25 bits per heavy atom. The van der Waals surface area contributed by atoms with E-state index in [1.807, 2.05) is 56.0 Å². The van der Waals surface area contributed by atoms with E-state index in [4.69, 9.17) is 13.9 Å². The minimum Gasteiger partial charge on any atom is -0.497 e. The van der Waals surface area contributed by atoms with Crippen molar-refractivity contribution in [3.05, 3.63) is 53.8 Å². The van der Waals surface area contributed by atoms with Crippen molar-refractivity contribution in [1.29, 1.82) is 0 Å². The molecule has 2 aromatic carbocycles. The maximum Gasteiger partial charge on any atom is 0.244 e. The number of likely N-dealkylation sites (tertiary alicyclic amines) is 1. The van der Waals surface area contributed by atoms with Crippen LogP contribution < -0.4 is 14.8 Å². The molecule has 0 saturated carbocycles. The number of rotatable bonds is 10. The first kappa shape index (κ1) is 25.4. The summed E-state index contributed by atoms with van der Waals surface area (Å²) in [6.45, 7) is 8.35. The first-order valence-electron chi connectivity index (χ1n) is 12.5. The molecule has 7 nitrogen and oxygen atoms in total. The van der Waals surface area contributed by atoms with Gasteiger partial charge in [0, 0.05) is 54.2 Å². The Bertz CT molecular complexity index is 1270. The molecular weight excluding hydrogens is 456 g/mol. The zero-order valence-electron chi connectivity index (χ0n) is 21.5. The van der Waals surface area contributed by atoms with Crippen LogP contribution in [0, 0.1) is 6.92 Å². The predicted molar refractivity (Wildman–Crippen MR) is 141 cm³/mol. The lowest BCUT2D eigenvalue weighted by atomic mass is 9.96. The van der Waals surface area contributed by atoms with Gasteiger partial charge in [-0.1, -0.05) is 12.1 Å². The van der Waals surface area contributed by atoms with Gasteiger partial charge in [-0.3, -0.25) is 9.59 Å². The minimum atomic E-state index is -0.164. The second-order valence-electron chi connectivity index (χ2n) is 9.02. The number of hydrogen-bond acceptors (Lipinski definition) is 5. The summed E-state index contributed by atoms with van der Waals surface area (Å²) in [5, 5.41) is 3.90. The van der Waals surface area contributed by atoms with E-state index in [1.165, 1.54) is 0 Å². The third-order valence-electron chi connectivity index (χ3n) is 6.58. The van der Waals surface area contributed by atoms with Crippen LogP contribution in [0.3, 0.4) is 0 Å². The summed E-state index contributed by atoms with van der Waals surface area (Å²) in [5.41, 5.74) is 5.30. The SMILES string of the molecule is CCOc1c(/C(C)=C/C(=O)NCCCN2CCCC2=O)cc2c(-c3ccc(OC)cc3)coc2c1C. The third kappa shape index (κ3) is 5.40. The van der Waals surface area contributed by atoms with E-state index < -0.39 is 0 Å². The molecule has 0 spiro atoms. The fourth-order valence-electron chi connectivity index (χ4n) is 4.68. The first-order valence-corrected chi connectivity index (χ1v) is 12.5. The van der Waals surface area contributed by atoms with E-state index in [0.717, 1.165) is 69.7 Å². The van der Waals surface area contributed by atoms with Crippen LogP contribution in [-0.4, -0.2) is 50.1 Å². The van der Waals surface area contributed by atoms with Crippen molar-refractivity contribution in [1.82, 2.24) is 10.2 Å². The van der Waals surface area contributed by atoms with Gasteiger partial charge in [-0.25, -0.2) is 0 Å². The molecule has 0 radical (unpaired) electrons. The fourth-order valence-corrected chi connectivity index (χ4v) is 4.68. The largest absolute Gasteiger partial charge is 0.497 e. The van der Waals surface area contributed by atoms with Gasteiger partial charge < -0.3 is 24.1 Å². The van der Waals surface area contributed by atoms with Crippen LogP contribution in [0.25, 0.3) is 27.7 Å². The summed E-state index contributed by atoms with van der Waals surface area (Å²) in [7, 11) is 1.65.